The summed E-state index contributed by atoms with van der Waals surface area (Å²) >= 11 is 5.89. The summed E-state index contributed by atoms with van der Waals surface area (Å²) in [6.07, 6.45) is 2.63. The molecule has 1 saturated heterocycles. The Bertz CT molecular complexity index is 334. The SMILES string of the molecule is Cc1cc(Cl)ccc1O[C@@H]1CCCNC1. The molecule has 1 fully saturated rings. The van der Waals surface area contributed by atoms with Gasteiger partial charge in [0.05, 0.1) is 0 Å². The van der Waals surface area contributed by atoms with Gasteiger partial charge in [0, 0.05) is 11.6 Å². The lowest BCUT2D eigenvalue weighted by molar-refractivity contribution is 0.166. The summed E-state index contributed by atoms with van der Waals surface area (Å²) in [5.41, 5.74) is 1.10. The van der Waals surface area contributed by atoms with Crippen molar-refractivity contribution in [3.05, 3.63) is 28.8 Å². The average Bonchev–Trinajstić information content (AvgIpc) is 2.24. The highest BCUT2D eigenvalue weighted by molar-refractivity contribution is 6.30. The largest absolute Gasteiger partial charge is 0.489 e. The first-order valence-electron chi connectivity index (χ1n) is 5.39. The molecule has 0 spiro atoms. The summed E-state index contributed by atoms with van der Waals surface area (Å²) < 4.78 is 5.92. The number of rotatable bonds is 2. The van der Waals surface area contributed by atoms with Gasteiger partial charge in [-0.3, -0.25) is 0 Å². The van der Waals surface area contributed by atoms with Gasteiger partial charge < -0.3 is 10.1 Å². The van der Waals surface area contributed by atoms with Crippen molar-refractivity contribution in [1.29, 1.82) is 0 Å². The molecule has 0 aliphatic carbocycles. The molecule has 2 rings (SSSR count). The second kappa shape index (κ2) is 4.86. The maximum absolute atomic E-state index is 5.92. The number of benzene rings is 1. The van der Waals surface area contributed by atoms with Crippen LogP contribution in [0.15, 0.2) is 18.2 Å². The zero-order valence-corrected chi connectivity index (χ0v) is 9.68. The highest BCUT2D eigenvalue weighted by Gasteiger charge is 2.15. The second-order valence-electron chi connectivity index (χ2n) is 4.00. The summed E-state index contributed by atoms with van der Waals surface area (Å²) in [4.78, 5) is 0. The molecule has 1 aromatic rings. The van der Waals surface area contributed by atoms with Crippen LogP contribution in [0.1, 0.15) is 18.4 Å². The number of ether oxygens (including phenoxy) is 1. The van der Waals surface area contributed by atoms with E-state index in [4.69, 9.17) is 16.3 Å². The maximum Gasteiger partial charge on any atom is 0.122 e. The first kappa shape index (κ1) is 10.8. The minimum absolute atomic E-state index is 0.304. The van der Waals surface area contributed by atoms with E-state index in [1.165, 1.54) is 6.42 Å². The molecule has 1 aliphatic rings. The Morgan fingerprint density at radius 2 is 2.33 bits per heavy atom. The number of hydrogen-bond acceptors (Lipinski definition) is 2. The van der Waals surface area contributed by atoms with Crippen molar-refractivity contribution in [3.63, 3.8) is 0 Å². The summed E-state index contributed by atoms with van der Waals surface area (Å²) in [6, 6.07) is 5.76. The first-order chi connectivity index (χ1) is 7.25. The van der Waals surface area contributed by atoms with Gasteiger partial charge in [0.25, 0.3) is 0 Å². The quantitative estimate of drug-likeness (QED) is 0.836. The van der Waals surface area contributed by atoms with Gasteiger partial charge >= 0.3 is 0 Å². The van der Waals surface area contributed by atoms with Gasteiger partial charge in [0.1, 0.15) is 11.9 Å². The zero-order chi connectivity index (χ0) is 10.7. The van der Waals surface area contributed by atoms with Gasteiger partial charge in [0.2, 0.25) is 0 Å². The van der Waals surface area contributed by atoms with E-state index in [0.717, 1.165) is 35.8 Å². The summed E-state index contributed by atoms with van der Waals surface area (Å²) in [5.74, 6) is 0.952. The molecule has 1 N–H and O–H groups in total. The van der Waals surface area contributed by atoms with E-state index in [-0.39, 0.29) is 0 Å². The maximum atomic E-state index is 5.92. The topological polar surface area (TPSA) is 21.3 Å². The molecular weight excluding hydrogens is 210 g/mol. The van der Waals surface area contributed by atoms with Crippen molar-refractivity contribution in [2.24, 2.45) is 0 Å². The standard InChI is InChI=1S/C12H16ClNO/c1-9-7-10(13)4-5-12(9)15-11-3-2-6-14-8-11/h4-5,7,11,14H,2-3,6,8H2,1H3/t11-/m1/s1. The van der Waals surface area contributed by atoms with Crippen LogP contribution < -0.4 is 10.1 Å². The number of hydrogen-bond donors (Lipinski definition) is 1. The number of nitrogens with one attached hydrogen (secondary N) is 1. The van der Waals surface area contributed by atoms with Gasteiger partial charge in [-0.05, 0) is 50.1 Å². The number of piperidine rings is 1. The lowest BCUT2D eigenvalue weighted by Gasteiger charge is -2.24. The van der Waals surface area contributed by atoms with Crippen LogP contribution in [0.25, 0.3) is 0 Å². The van der Waals surface area contributed by atoms with Gasteiger partial charge in [-0.2, -0.15) is 0 Å². The van der Waals surface area contributed by atoms with Crippen LogP contribution >= 0.6 is 11.6 Å². The van der Waals surface area contributed by atoms with Crippen LogP contribution in [0.3, 0.4) is 0 Å². The molecule has 1 aromatic carbocycles. The van der Waals surface area contributed by atoms with Crippen molar-refractivity contribution >= 4 is 11.6 Å². The third kappa shape index (κ3) is 2.86. The van der Waals surface area contributed by atoms with E-state index >= 15 is 0 Å². The van der Waals surface area contributed by atoms with E-state index in [1.54, 1.807) is 0 Å². The number of halogens is 1. The number of aryl methyl sites for hydroxylation is 1. The van der Waals surface area contributed by atoms with Crippen molar-refractivity contribution in [2.75, 3.05) is 13.1 Å². The molecular formula is C12H16ClNO. The fourth-order valence-electron chi connectivity index (χ4n) is 1.85. The fraction of sp³-hybridized carbons (Fsp3) is 0.500. The second-order valence-corrected chi connectivity index (χ2v) is 4.43. The Morgan fingerprint density at radius 3 is 3.00 bits per heavy atom. The highest BCUT2D eigenvalue weighted by atomic mass is 35.5. The fourth-order valence-corrected chi connectivity index (χ4v) is 2.07. The van der Waals surface area contributed by atoms with E-state index in [0.29, 0.717) is 6.10 Å². The predicted octanol–water partition coefficient (Wildman–Crippen LogP) is 2.78. The molecule has 0 bridgehead atoms. The molecule has 0 amide bonds. The highest BCUT2D eigenvalue weighted by Crippen LogP contribution is 2.23. The Balaban J connectivity index is 2.03. The van der Waals surface area contributed by atoms with Gasteiger partial charge in [-0.25, -0.2) is 0 Å². The summed E-state index contributed by atoms with van der Waals surface area (Å²) in [5, 5.41) is 4.10. The average molecular weight is 226 g/mol. The molecule has 3 heteroatoms. The molecule has 82 valence electrons. The summed E-state index contributed by atoms with van der Waals surface area (Å²) in [7, 11) is 0. The zero-order valence-electron chi connectivity index (χ0n) is 8.92. The Hall–Kier alpha value is -0.730. The molecule has 0 unspecified atom stereocenters. The van der Waals surface area contributed by atoms with Crippen LogP contribution in [-0.4, -0.2) is 19.2 Å². The van der Waals surface area contributed by atoms with E-state index in [9.17, 15) is 0 Å². The first-order valence-corrected chi connectivity index (χ1v) is 5.77. The minimum Gasteiger partial charge on any atom is -0.489 e. The van der Waals surface area contributed by atoms with Gasteiger partial charge in [-0.15, -0.1) is 0 Å². The van der Waals surface area contributed by atoms with Gasteiger partial charge in [-0.1, -0.05) is 11.6 Å². The smallest absolute Gasteiger partial charge is 0.122 e. The van der Waals surface area contributed by atoms with Crippen molar-refractivity contribution in [1.82, 2.24) is 5.32 Å². The van der Waals surface area contributed by atoms with Crippen molar-refractivity contribution in [3.8, 4) is 5.75 Å². The molecule has 0 aromatic heterocycles. The third-order valence-electron chi connectivity index (χ3n) is 2.68. The van der Waals surface area contributed by atoms with Crippen LogP contribution in [0.4, 0.5) is 0 Å². The molecule has 15 heavy (non-hydrogen) atoms. The lowest BCUT2D eigenvalue weighted by atomic mass is 10.1. The van der Waals surface area contributed by atoms with E-state index < -0.39 is 0 Å². The Morgan fingerprint density at radius 1 is 1.47 bits per heavy atom. The summed E-state index contributed by atoms with van der Waals surface area (Å²) in [6.45, 7) is 4.08. The Labute approximate surface area is 95.6 Å². The van der Waals surface area contributed by atoms with E-state index in [2.05, 4.69) is 5.32 Å². The van der Waals surface area contributed by atoms with Gasteiger partial charge in [0.15, 0.2) is 0 Å². The molecule has 2 nitrogen and oxygen atoms in total. The monoisotopic (exact) mass is 225 g/mol. The van der Waals surface area contributed by atoms with Crippen LogP contribution in [0.5, 0.6) is 5.75 Å². The van der Waals surface area contributed by atoms with Crippen molar-refractivity contribution < 1.29 is 4.74 Å². The third-order valence-corrected chi connectivity index (χ3v) is 2.92. The molecule has 0 saturated carbocycles. The molecule has 0 radical (unpaired) electrons. The van der Waals surface area contributed by atoms with E-state index in [1.807, 2.05) is 25.1 Å². The van der Waals surface area contributed by atoms with Crippen LogP contribution in [-0.2, 0) is 0 Å². The molecule has 1 aliphatic heterocycles. The molecule has 1 atom stereocenters. The molecule has 1 heterocycles. The van der Waals surface area contributed by atoms with Crippen LogP contribution in [0, 0.1) is 6.92 Å². The minimum atomic E-state index is 0.304. The lowest BCUT2D eigenvalue weighted by Crippen LogP contribution is -2.37. The van der Waals surface area contributed by atoms with Crippen LogP contribution in [0.2, 0.25) is 5.02 Å². The predicted molar refractivity (Wildman–Crippen MR) is 62.7 cm³/mol. The van der Waals surface area contributed by atoms with Crippen molar-refractivity contribution in [2.45, 2.75) is 25.9 Å². The normalized spacial score (nSPS) is 21.3. The Kier molecular flexibility index (Phi) is 3.49.